The summed E-state index contributed by atoms with van der Waals surface area (Å²) in [4.78, 5) is 4.77. The average Bonchev–Trinajstić information content (AvgIpc) is 2.97. The van der Waals surface area contributed by atoms with Gasteiger partial charge in [-0.2, -0.15) is 5.10 Å². The van der Waals surface area contributed by atoms with Crippen molar-refractivity contribution in [2.24, 2.45) is 7.05 Å². The first-order valence-corrected chi connectivity index (χ1v) is 7.44. The van der Waals surface area contributed by atoms with Gasteiger partial charge in [-0.15, -0.1) is 11.6 Å². The zero-order valence-corrected chi connectivity index (χ0v) is 12.8. The Morgan fingerprint density at radius 2 is 1.95 bits per heavy atom. The molecule has 1 atom stereocenters. The Bertz CT molecular complexity index is 617. The quantitative estimate of drug-likeness (QED) is 0.787. The highest BCUT2D eigenvalue weighted by Crippen LogP contribution is 2.41. The van der Waals surface area contributed by atoms with Gasteiger partial charge in [0.15, 0.2) is 5.65 Å². The van der Waals surface area contributed by atoms with Gasteiger partial charge in [0.05, 0.1) is 11.1 Å². The number of rotatable bonds is 2. The van der Waals surface area contributed by atoms with Gasteiger partial charge in [0.2, 0.25) is 0 Å². The molecular weight excluding hydrogens is 260 g/mol. The van der Waals surface area contributed by atoms with Crippen LogP contribution in [0.15, 0.2) is 0 Å². The van der Waals surface area contributed by atoms with E-state index in [0.717, 1.165) is 22.7 Å². The second kappa shape index (κ2) is 4.23. The summed E-state index contributed by atoms with van der Waals surface area (Å²) in [5.74, 6) is 0.983. The van der Waals surface area contributed by atoms with Crippen LogP contribution in [0.2, 0.25) is 0 Å². The van der Waals surface area contributed by atoms with E-state index >= 15 is 0 Å². The molecule has 0 amide bonds. The molecule has 0 spiro atoms. The number of fused-ring (bicyclic) bond motifs is 1. The van der Waals surface area contributed by atoms with Crippen molar-refractivity contribution in [2.75, 3.05) is 0 Å². The average molecular weight is 281 g/mol. The smallest absolute Gasteiger partial charge is 0.159 e. The first-order chi connectivity index (χ1) is 8.94. The summed E-state index contributed by atoms with van der Waals surface area (Å²) in [5.41, 5.74) is 3.23. The SMILES string of the molecule is Cc1nn(C)c2c1nc(C(C)Cl)n2C1(C)CCCC1. The molecular formula is C14H21ClN4. The molecule has 1 aliphatic rings. The molecule has 2 heterocycles. The van der Waals surface area contributed by atoms with Crippen LogP contribution in [0.5, 0.6) is 0 Å². The maximum atomic E-state index is 6.37. The van der Waals surface area contributed by atoms with Crippen LogP contribution >= 0.6 is 11.6 Å². The maximum absolute atomic E-state index is 6.37. The number of hydrogen-bond donors (Lipinski definition) is 0. The Kier molecular flexibility index (Phi) is 2.89. The van der Waals surface area contributed by atoms with Gasteiger partial charge in [0.25, 0.3) is 0 Å². The summed E-state index contributed by atoms with van der Waals surface area (Å²) in [6.45, 7) is 6.34. The summed E-state index contributed by atoms with van der Waals surface area (Å²) in [7, 11) is 1.99. The summed E-state index contributed by atoms with van der Waals surface area (Å²) in [6, 6.07) is 0. The van der Waals surface area contributed by atoms with Gasteiger partial charge in [0.1, 0.15) is 11.3 Å². The normalized spacial score (nSPS) is 20.3. The number of aryl methyl sites for hydroxylation is 2. The third-order valence-corrected chi connectivity index (χ3v) is 4.60. The van der Waals surface area contributed by atoms with Gasteiger partial charge < -0.3 is 4.57 Å². The number of alkyl halides is 1. The molecule has 0 radical (unpaired) electrons. The predicted molar refractivity (Wildman–Crippen MR) is 77.6 cm³/mol. The highest BCUT2D eigenvalue weighted by Gasteiger charge is 2.36. The van der Waals surface area contributed by atoms with E-state index in [-0.39, 0.29) is 10.9 Å². The maximum Gasteiger partial charge on any atom is 0.159 e. The number of halogens is 1. The fourth-order valence-corrected chi connectivity index (χ4v) is 3.60. The van der Waals surface area contributed by atoms with Gasteiger partial charge in [-0.3, -0.25) is 4.68 Å². The Hall–Kier alpha value is -1.03. The molecule has 4 nitrogen and oxygen atoms in total. The van der Waals surface area contributed by atoms with Gasteiger partial charge in [-0.05, 0) is 33.6 Å². The van der Waals surface area contributed by atoms with Crippen LogP contribution in [-0.2, 0) is 12.6 Å². The van der Waals surface area contributed by atoms with Crippen LogP contribution in [0, 0.1) is 6.92 Å². The number of hydrogen-bond acceptors (Lipinski definition) is 2. The van der Waals surface area contributed by atoms with Crippen LogP contribution in [0.3, 0.4) is 0 Å². The standard InChI is InChI=1S/C14H21ClN4/c1-9(15)12-16-11-10(2)17-18(4)13(11)19(12)14(3)7-5-6-8-14/h9H,5-8H2,1-4H3. The molecule has 1 aliphatic carbocycles. The highest BCUT2D eigenvalue weighted by molar-refractivity contribution is 6.20. The Labute approximate surface area is 118 Å². The summed E-state index contributed by atoms with van der Waals surface area (Å²) >= 11 is 6.37. The number of nitrogens with zero attached hydrogens (tertiary/aromatic N) is 4. The van der Waals surface area contributed by atoms with Crippen molar-refractivity contribution in [3.05, 3.63) is 11.5 Å². The van der Waals surface area contributed by atoms with Crippen molar-refractivity contribution in [3.8, 4) is 0 Å². The van der Waals surface area contributed by atoms with E-state index < -0.39 is 0 Å². The second-order valence-electron chi connectivity index (χ2n) is 6.01. The summed E-state index contributed by atoms with van der Waals surface area (Å²) < 4.78 is 4.30. The Balaban J connectivity index is 2.33. The highest BCUT2D eigenvalue weighted by atomic mass is 35.5. The van der Waals surface area contributed by atoms with E-state index in [0.29, 0.717) is 0 Å². The van der Waals surface area contributed by atoms with Crippen LogP contribution < -0.4 is 0 Å². The topological polar surface area (TPSA) is 35.6 Å². The van der Waals surface area contributed by atoms with Gasteiger partial charge >= 0.3 is 0 Å². The Morgan fingerprint density at radius 3 is 2.53 bits per heavy atom. The lowest BCUT2D eigenvalue weighted by Gasteiger charge is -2.29. The Morgan fingerprint density at radius 1 is 1.32 bits per heavy atom. The molecule has 3 rings (SSSR count). The molecule has 0 saturated heterocycles. The van der Waals surface area contributed by atoms with Crippen LogP contribution in [0.25, 0.3) is 11.2 Å². The molecule has 1 fully saturated rings. The monoisotopic (exact) mass is 280 g/mol. The van der Waals surface area contributed by atoms with Gasteiger partial charge in [-0.25, -0.2) is 4.98 Å². The first-order valence-electron chi connectivity index (χ1n) is 7.00. The van der Waals surface area contributed by atoms with E-state index in [4.69, 9.17) is 16.6 Å². The van der Waals surface area contributed by atoms with Crippen molar-refractivity contribution >= 4 is 22.8 Å². The van der Waals surface area contributed by atoms with E-state index in [2.05, 4.69) is 16.6 Å². The van der Waals surface area contributed by atoms with Crippen LogP contribution in [0.4, 0.5) is 0 Å². The van der Waals surface area contributed by atoms with Crippen molar-refractivity contribution in [3.63, 3.8) is 0 Å². The van der Waals surface area contributed by atoms with Crippen LogP contribution in [0.1, 0.15) is 56.4 Å². The lowest BCUT2D eigenvalue weighted by molar-refractivity contribution is 0.323. The van der Waals surface area contributed by atoms with E-state index in [1.807, 2.05) is 25.6 Å². The molecule has 0 aromatic carbocycles. The molecule has 0 aliphatic heterocycles. The van der Waals surface area contributed by atoms with Crippen molar-refractivity contribution in [2.45, 2.75) is 57.4 Å². The molecule has 104 valence electrons. The lowest BCUT2D eigenvalue weighted by Crippen LogP contribution is -2.29. The first kappa shape index (κ1) is 13.0. The van der Waals surface area contributed by atoms with Crippen molar-refractivity contribution < 1.29 is 0 Å². The molecule has 2 aromatic rings. The predicted octanol–water partition coefficient (Wildman–Crippen LogP) is 3.67. The number of aromatic nitrogens is 4. The summed E-state index contributed by atoms with van der Waals surface area (Å²) in [5, 5.41) is 4.42. The molecule has 0 N–H and O–H groups in total. The van der Waals surface area contributed by atoms with E-state index in [9.17, 15) is 0 Å². The third-order valence-electron chi connectivity index (χ3n) is 4.40. The second-order valence-corrected chi connectivity index (χ2v) is 6.66. The van der Waals surface area contributed by atoms with Crippen molar-refractivity contribution in [1.82, 2.24) is 19.3 Å². The zero-order chi connectivity index (χ0) is 13.8. The lowest BCUT2D eigenvalue weighted by atomic mass is 10.00. The third kappa shape index (κ3) is 1.80. The van der Waals surface area contributed by atoms with E-state index in [1.165, 1.54) is 25.7 Å². The zero-order valence-electron chi connectivity index (χ0n) is 12.1. The van der Waals surface area contributed by atoms with E-state index in [1.54, 1.807) is 0 Å². The minimum atomic E-state index is -0.0794. The largest absolute Gasteiger partial charge is 0.306 e. The van der Waals surface area contributed by atoms with Gasteiger partial charge in [0, 0.05) is 12.6 Å². The van der Waals surface area contributed by atoms with Crippen molar-refractivity contribution in [1.29, 1.82) is 0 Å². The molecule has 5 heteroatoms. The molecule has 1 unspecified atom stereocenters. The minimum Gasteiger partial charge on any atom is -0.306 e. The minimum absolute atomic E-state index is 0.0794. The van der Waals surface area contributed by atoms with Gasteiger partial charge in [-0.1, -0.05) is 12.8 Å². The fourth-order valence-electron chi connectivity index (χ4n) is 3.45. The fraction of sp³-hybridized carbons (Fsp3) is 0.714. The number of imidazole rings is 1. The molecule has 2 aromatic heterocycles. The summed E-state index contributed by atoms with van der Waals surface area (Å²) in [6.07, 6.45) is 4.95. The molecule has 0 bridgehead atoms. The molecule has 19 heavy (non-hydrogen) atoms. The molecule has 1 saturated carbocycles. The van der Waals surface area contributed by atoms with Crippen LogP contribution in [-0.4, -0.2) is 19.3 Å².